The second-order valence-corrected chi connectivity index (χ2v) is 10.8. The number of hydrogen-bond acceptors (Lipinski definition) is 5. The molecule has 0 spiro atoms. The van der Waals surface area contributed by atoms with E-state index in [0.29, 0.717) is 29.8 Å². The van der Waals surface area contributed by atoms with Gasteiger partial charge in [-0.05, 0) is 43.7 Å². The summed E-state index contributed by atoms with van der Waals surface area (Å²) in [6.45, 7) is 3.36. The minimum absolute atomic E-state index is 0.0202. The molecule has 8 heteroatoms. The first kappa shape index (κ1) is 21.6. The van der Waals surface area contributed by atoms with E-state index in [1.54, 1.807) is 16.4 Å². The van der Waals surface area contributed by atoms with E-state index in [4.69, 9.17) is 0 Å². The highest BCUT2D eigenvalue weighted by atomic mass is 32.2. The smallest absolute Gasteiger partial charge is 0.244 e. The number of rotatable bonds is 6. The molecule has 1 aliphatic heterocycles. The fourth-order valence-corrected chi connectivity index (χ4v) is 6.07. The van der Waals surface area contributed by atoms with Crippen LogP contribution in [0, 0.1) is 5.92 Å². The summed E-state index contributed by atoms with van der Waals surface area (Å²) in [4.78, 5) is 16.7. The molecule has 1 saturated heterocycles. The number of nitrogens with one attached hydrogen (secondary N) is 1. The quantitative estimate of drug-likeness (QED) is 0.707. The van der Waals surface area contributed by atoms with E-state index >= 15 is 0 Å². The lowest BCUT2D eigenvalue weighted by atomic mass is 9.86. The lowest BCUT2D eigenvalue weighted by Gasteiger charge is -2.29. The van der Waals surface area contributed by atoms with Crippen LogP contribution in [0.25, 0.3) is 0 Å². The molecule has 0 bridgehead atoms. The molecule has 2 atom stereocenters. The largest absolute Gasteiger partial charge is 0.352 e. The summed E-state index contributed by atoms with van der Waals surface area (Å²) in [5, 5.41) is 3.80. The van der Waals surface area contributed by atoms with Crippen molar-refractivity contribution in [3.8, 4) is 0 Å². The molecule has 0 unspecified atom stereocenters. The van der Waals surface area contributed by atoms with E-state index in [-0.39, 0.29) is 16.8 Å². The Hall–Kier alpha value is -1.12. The van der Waals surface area contributed by atoms with Crippen LogP contribution >= 0.6 is 11.8 Å². The zero-order valence-electron chi connectivity index (χ0n) is 16.6. The SMILES string of the molecule is C[C@H]1CCCC[C@H]1NC(=O)CSc1ccc(S(=O)(=O)N2CCCCCC2)cn1. The molecule has 2 aliphatic rings. The molecule has 6 nitrogen and oxygen atoms in total. The number of aromatic nitrogens is 1. The van der Waals surface area contributed by atoms with Crippen LogP contribution in [0.1, 0.15) is 58.3 Å². The molecule has 1 saturated carbocycles. The van der Waals surface area contributed by atoms with Crippen molar-refractivity contribution in [3.05, 3.63) is 18.3 Å². The molecule has 156 valence electrons. The van der Waals surface area contributed by atoms with Crippen LogP contribution in [0.15, 0.2) is 28.3 Å². The number of pyridine rings is 1. The number of thioether (sulfide) groups is 1. The highest BCUT2D eigenvalue weighted by Crippen LogP contribution is 2.25. The summed E-state index contributed by atoms with van der Waals surface area (Å²) in [7, 11) is -3.48. The van der Waals surface area contributed by atoms with Crippen LogP contribution < -0.4 is 5.32 Å². The van der Waals surface area contributed by atoms with Crippen molar-refractivity contribution in [1.82, 2.24) is 14.6 Å². The Morgan fingerprint density at radius 2 is 1.86 bits per heavy atom. The van der Waals surface area contributed by atoms with Crippen LogP contribution in [-0.2, 0) is 14.8 Å². The van der Waals surface area contributed by atoms with Gasteiger partial charge in [0, 0.05) is 25.3 Å². The maximum absolute atomic E-state index is 12.8. The summed E-state index contributed by atoms with van der Waals surface area (Å²) in [6.07, 6.45) is 10.1. The van der Waals surface area contributed by atoms with Gasteiger partial charge in [0.25, 0.3) is 0 Å². The van der Waals surface area contributed by atoms with Gasteiger partial charge in [-0.2, -0.15) is 4.31 Å². The molecule has 0 aromatic carbocycles. The molecule has 1 aliphatic carbocycles. The predicted octanol–water partition coefficient (Wildman–Crippen LogP) is 3.43. The van der Waals surface area contributed by atoms with Gasteiger partial charge in [-0.25, -0.2) is 13.4 Å². The lowest BCUT2D eigenvalue weighted by Crippen LogP contribution is -2.41. The molecule has 1 N–H and O–H groups in total. The highest BCUT2D eigenvalue weighted by Gasteiger charge is 2.26. The summed E-state index contributed by atoms with van der Waals surface area (Å²) in [5.74, 6) is 0.852. The minimum atomic E-state index is -3.48. The van der Waals surface area contributed by atoms with Crippen LogP contribution in [0.5, 0.6) is 0 Å². The second-order valence-electron chi connectivity index (χ2n) is 7.87. The normalized spacial score (nSPS) is 24.5. The van der Waals surface area contributed by atoms with Crippen molar-refractivity contribution < 1.29 is 13.2 Å². The monoisotopic (exact) mass is 425 g/mol. The summed E-state index contributed by atoms with van der Waals surface area (Å²) in [5.41, 5.74) is 0. The van der Waals surface area contributed by atoms with Crippen molar-refractivity contribution in [2.24, 2.45) is 5.92 Å². The lowest BCUT2D eigenvalue weighted by molar-refractivity contribution is -0.119. The molecule has 28 heavy (non-hydrogen) atoms. The van der Waals surface area contributed by atoms with Gasteiger partial charge in [0.2, 0.25) is 15.9 Å². The number of sulfonamides is 1. The predicted molar refractivity (Wildman–Crippen MR) is 112 cm³/mol. The molecule has 0 radical (unpaired) electrons. The van der Waals surface area contributed by atoms with Crippen LogP contribution in [0.3, 0.4) is 0 Å². The van der Waals surface area contributed by atoms with Crippen molar-refractivity contribution >= 4 is 27.7 Å². The molecule has 1 amide bonds. The first-order valence-electron chi connectivity index (χ1n) is 10.3. The number of carbonyl (C=O) groups excluding carboxylic acids is 1. The van der Waals surface area contributed by atoms with E-state index in [1.807, 2.05) is 0 Å². The standard InChI is InChI=1S/C20H31N3O3S2/c1-16-8-4-5-9-18(16)22-19(24)15-27-20-11-10-17(14-21-20)28(25,26)23-12-6-2-3-7-13-23/h10-11,14,16,18H,2-9,12-13,15H2,1H3,(H,22,24)/t16-,18+/m0/s1. The highest BCUT2D eigenvalue weighted by molar-refractivity contribution is 7.99. The molecule has 2 fully saturated rings. The summed E-state index contributed by atoms with van der Waals surface area (Å²) < 4.78 is 27.1. The van der Waals surface area contributed by atoms with Gasteiger partial charge in [-0.1, -0.05) is 44.4 Å². The van der Waals surface area contributed by atoms with E-state index in [2.05, 4.69) is 17.2 Å². The third-order valence-electron chi connectivity index (χ3n) is 5.72. The topological polar surface area (TPSA) is 79.4 Å². The molecular weight excluding hydrogens is 394 g/mol. The van der Waals surface area contributed by atoms with Crippen molar-refractivity contribution in [1.29, 1.82) is 0 Å². The van der Waals surface area contributed by atoms with E-state index in [9.17, 15) is 13.2 Å². The molecular formula is C20H31N3O3S2. The fourth-order valence-electron chi connectivity index (χ4n) is 3.95. The fraction of sp³-hybridized carbons (Fsp3) is 0.700. The van der Waals surface area contributed by atoms with Gasteiger partial charge < -0.3 is 5.32 Å². The first-order chi connectivity index (χ1) is 13.5. The Bertz CT molecular complexity index is 744. The van der Waals surface area contributed by atoms with E-state index in [1.165, 1.54) is 37.2 Å². The summed E-state index contributed by atoms with van der Waals surface area (Å²) >= 11 is 1.35. The zero-order chi connectivity index (χ0) is 20.0. The van der Waals surface area contributed by atoms with Gasteiger partial charge in [0.15, 0.2) is 0 Å². The van der Waals surface area contributed by atoms with Crippen molar-refractivity contribution in [2.75, 3.05) is 18.8 Å². The van der Waals surface area contributed by atoms with Gasteiger partial charge in [-0.15, -0.1) is 0 Å². The molecule has 3 rings (SSSR count). The number of amides is 1. The molecule has 1 aromatic heterocycles. The molecule has 1 aromatic rings. The van der Waals surface area contributed by atoms with Crippen LogP contribution in [-0.4, -0.2) is 48.5 Å². The Labute approximate surface area is 172 Å². The molecule has 2 heterocycles. The first-order valence-corrected chi connectivity index (χ1v) is 12.8. The van der Waals surface area contributed by atoms with Gasteiger partial charge in [0.05, 0.1) is 10.8 Å². The minimum Gasteiger partial charge on any atom is -0.352 e. The maximum Gasteiger partial charge on any atom is 0.244 e. The van der Waals surface area contributed by atoms with Gasteiger partial charge in [0.1, 0.15) is 4.90 Å². The average molecular weight is 426 g/mol. The Morgan fingerprint density at radius 1 is 1.14 bits per heavy atom. The zero-order valence-corrected chi connectivity index (χ0v) is 18.2. The van der Waals surface area contributed by atoms with Gasteiger partial charge >= 0.3 is 0 Å². The average Bonchev–Trinajstić information content (AvgIpc) is 2.99. The van der Waals surface area contributed by atoms with Gasteiger partial charge in [-0.3, -0.25) is 4.79 Å². The van der Waals surface area contributed by atoms with E-state index in [0.717, 1.165) is 32.1 Å². The number of hydrogen-bond donors (Lipinski definition) is 1. The third kappa shape index (κ3) is 5.70. The summed E-state index contributed by atoms with van der Waals surface area (Å²) in [6, 6.07) is 3.58. The second kappa shape index (κ2) is 10.1. The maximum atomic E-state index is 12.8. The Kier molecular flexibility index (Phi) is 7.77. The van der Waals surface area contributed by atoms with E-state index < -0.39 is 10.0 Å². The number of nitrogens with zero attached hydrogens (tertiary/aromatic N) is 2. The Morgan fingerprint density at radius 3 is 2.50 bits per heavy atom. The van der Waals surface area contributed by atoms with Crippen molar-refractivity contribution in [2.45, 2.75) is 74.3 Å². The Balaban J connectivity index is 1.53. The number of carbonyl (C=O) groups is 1. The van der Waals surface area contributed by atoms with Crippen LogP contribution in [0.4, 0.5) is 0 Å². The van der Waals surface area contributed by atoms with Crippen molar-refractivity contribution in [3.63, 3.8) is 0 Å². The van der Waals surface area contributed by atoms with Crippen LogP contribution in [0.2, 0.25) is 0 Å². The third-order valence-corrected chi connectivity index (χ3v) is 8.55.